The number of amides is 1. The first kappa shape index (κ1) is 23.6. The van der Waals surface area contributed by atoms with Crippen molar-refractivity contribution in [2.45, 2.75) is 17.7 Å². The molecule has 4 rings (SSSR count). The molecule has 0 saturated carbocycles. The Morgan fingerprint density at radius 1 is 1.09 bits per heavy atom. The van der Waals surface area contributed by atoms with Gasteiger partial charge in [0, 0.05) is 30.8 Å². The lowest BCUT2D eigenvalue weighted by atomic mass is 9.96. The zero-order valence-corrected chi connectivity index (χ0v) is 19.8. The molecule has 2 aromatic carbocycles. The van der Waals surface area contributed by atoms with Crippen LogP contribution in [0.1, 0.15) is 28.8 Å². The molecule has 1 N–H and O–H groups in total. The molecule has 1 atom stereocenters. The standard InChI is InChI=1S/C23H25N3O7S/c1-31-18-11-16(23(28)33-3)17(12-19(18)32-2)24-22(27)14-7-6-10-26(13-14)21-15-8-4-5-9-20(15)34(29,30)25-21/h4-5,8-9,11-12,14H,6-7,10,13H2,1-3H3,(H,24,27)/t14-/m0/s1. The predicted molar refractivity (Wildman–Crippen MR) is 124 cm³/mol. The van der Waals surface area contributed by atoms with Crippen LogP contribution in [0, 0.1) is 5.92 Å². The number of carbonyl (C=O) groups excluding carboxylic acids is 2. The quantitative estimate of drug-likeness (QED) is 0.637. The van der Waals surface area contributed by atoms with Crippen molar-refractivity contribution in [2.75, 3.05) is 39.7 Å². The van der Waals surface area contributed by atoms with E-state index in [0.29, 0.717) is 42.3 Å². The van der Waals surface area contributed by atoms with E-state index >= 15 is 0 Å². The molecule has 0 radical (unpaired) electrons. The summed E-state index contributed by atoms with van der Waals surface area (Å²) in [5, 5.41) is 2.81. The number of ether oxygens (including phenoxy) is 3. The second-order valence-electron chi connectivity index (χ2n) is 7.90. The molecular formula is C23H25N3O7S. The van der Waals surface area contributed by atoms with Gasteiger partial charge in [-0.15, -0.1) is 4.40 Å². The number of anilines is 1. The molecule has 0 aliphatic carbocycles. The van der Waals surface area contributed by atoms with Crippen LogP contribution in [0.4, 0.5) is 5.69 Å². The van der Waals surface area contributed by atoms with Gasteiger partial charge in [-0.2, -0.15) is 8.42 Å². The van der Waals surface area contributed by atoms with Crippen LogP contribution in [0.3, 0.4) is 0 Å². The number of carbonyl (C=O) groups is 2. The molecule has 2 heterocycles. The van der Waals surface area contributed by atoms with Crippen LogP contribution < -0.4 is 14.8 Å². The second kappa shape index (κ2) is 9.34. The van der Waals surface area contributed by atoms with E-state index in [-0.39, 0.29) is 28.6 Å². The Kier molecular flexibility index (Phi) is 6.47. The van der Waals surface area contributed by atoms with Gasteiger partial charge in [-0.25, -0.2) is 4.79 Å². The van der Waals surface area contributed by atoms with E-state index in [1.165, 1.54) is 39.5 Å². The Balaban J connectivity index is 1.58. The third-order valence-corrected chi connectivity index (χ3v) is 7.22. The number of esters is 1. The van der Waals surface area contributed by atoms with Crippen LogP contribution in [0.25, 0.3) is 0 Å². The van der Waals surface area contributed by atoms with E-state index in [2.05, 4.69) is 9.71 Å². The van der Waals surface area contributed by atoms with E-state index in [4.69, 9.17) is 14.2 Å². The monoisotopic (exact) mass is 487 g/mol. The van der Waals surface area contributed by atoms with Gasteiger partial charge in [-0.1, -0.05) is 12.1 Å². The van der Waals surface area contributed by atoms with Crippen molar-refractivity contribution in [3.8, 4) is 11.5 Å². The van der Waals surface area contributed by atoms with E-state index < -0.39 is 21.9 Å². The smallest absolute Gasteiger partial charge is 0.340 e. The summed E-state index contributed by atoms with van der Waals surface area (Å²) in [5.41, 5.74) is 0.899. The number of likely N-dealkylation sites (tertiary alicyclic amines) is 1. The third kappa shape index (κ3) is 4.30. The largest absolute Gasteiger partial charge is 0.493 e. The van der Waals surface area contributed by atoms with Crippen LogP contribution in [-0.4, -0.2) is 65.4 Å². The first-order valence-electron chi connectivity index (χ1n) is 10.6. The molecule has 11 heteroatoms. The number of rotatable bonds is 5. The fraction of sp³-hybridized carbons (Fsp3) is 0.348. The minimum absolute atomic E-state index is 0.126. The number of fused-ring (bicyclic) bond motifs is 1. The Morgan fingerprint density at radius 3 is 2.50 bits per heavy atom. The number of piperidine rings is 1. The number of sulfonamides is 1. The lowest BCUT2D eigenvalue weighted by molar-refractivity contribution is -0.121. The molecule has 1 fully saturated rings. The summed E-state index contributed by atoms with van der Waals surface area (Å²) in [5.74, 6) is -0.373. The number of amidine groups is 1. The number of benzene rings is 2. The first-order chi connectivity index (χ1) is 16.3. The van der Waals surface area contributed by atoms with E-state index in [0.717, 1.165) is 0 Å². The molecule has 0 bridgehead atoms. The molecule has 1 saturated heterocycles. The Bertz CT molecular complexity index is 1270. The first-order valence-corrected chi connectivity index (χ1v) is 12.1. The average Bonchev–Trinajstić information content (AvgIpc) is 3.14. The molecule has 34 heavy (non-hydrogen) atoms. The van der Waals surface area contributed by atoms with Gasteiger partial charge in [0.15, 0.2) is 17.3 Å². The second-order valence-corrected chi connectivity index (χ2v) is 9.48. The summed E-state index contributed by atoms with van der Waals surface area (Å²) < 4.78 is 44.3. The minimum Gasteiger partial charge on any atom is -0.493 e. The van der Waals surface area contributed by atoms with E-state index in [1.54, 1.807) is 18.2 Å². The lowest BCUT2D eigenvalue weighted by Crippen LogP contribution is -2.43. The highest BCUT2D eigenvalue weighted by atomic mass is 32.2. The number of hydrogen-bond donors (Lipinski definition) is 1. The van der Waals surface area contributed by atoms with Crippen LogP contribution in [0.15, 0.2) is 45.7 Å². The van der Waals surface area contributed by atoms with Gasteiger partial charge in [0.25, 0.3) is 10.0 Å². The SMILES string of the molecule is COC(=O)c1cc(OC)c(OC)cc1NC(=O)[C@H]1CCCN(C2=NS(=O)(=O)c3ccccc32)C1. The van der Waals surface area contributed by atoms with Gasteiger partial charge in [-0.05, 0) is 25.0 Å². The summed E-state index contributed by atoms with van der Waals surface area (Å²) in [7, 11) is 0.389. The molecule has 180 valence electrons. The zero-order valence-electron chi connectivity index (χ0n) is 19.0. The predicted octanol–water partition coefficient (Wildman–Crippen LogP) is 2.29. The highest BCUT2D eigenvalue weighted by Gasteiger charge is 2.35. The minimum atomic E-state index is -3.75. The molecule has 2 aliphatic rings. The fourth-order valence-corrected chi connectivity index (χ4v) is 5.42. The Labute approximate surface area is 197 Å². The molecule has 2 aliphatic heterocycles. The summed E-state index contributed by atoms with van der Waals surface area (Å²) in [6, 6.07) is 9.61. The molecule has 1 amide bonds. The van der Waals surface area contributed by atoms with Gasteiger partial charge in [-0.3, -0.25) is 4.79 Å². The zero-order chi connectivity index (χ0) is 24.5. The number of nitrogens with zero attached hydrogens (tertiary/aromatic N) is 2. The summed E-state index contributed by atoms with van der Waals surface area (Å²) >= 11 is 0. The fourth-order valence-electron chi connectivity index (χ4n) is 4.20. The maximum Gasteiger partial charge on any atom is 0.340 e. The van der Waals surface area contributed by atoms with Crippen LogP contribution in [0.5, 0.6) is 11.5 Å². The summed E-state index contributed by atoms with van der Waals surface area (Å²) in [4.78, 5) is 27.5. The van der Waals surface area contributed by atoms with Gasteiger partial charge in [0.05, 0.1) is 38.5 Å². The van der Waals surface area contributed by atoms with Crippen molar-refractivity contribution in [3.63, 3.8) is 0 Å². The lowest BCUT2D eigenvalue weighted by Gasteiger charge is -2.33. The van der Waals surface area contributed by atoms with Crippen LogP contribution in [-0.2, 0) is 19.6 Å². The van der Waals surface area contributed by atoms with Gasteiger partial charge in [0.1, 0.15) is 4.90 Å². The van der Waals surface area contributed by atoms with Crippen molar-refractivity contribution in [3.05, 3.63) is 47.5 Å². The third-order valence-electron chi connectivity index (χ3n) is 5.89. The number of methoxy groups -OCH3 is 3. The van der Waals surface area contributed by atoms with Crippen molar-refractivity contribution < 1.29 is 32.2 Å². The molecular weight excluding hydrogens is 462 g/mol. The van der Waals surface area contributed by atoms with Crippen molar-refractivity contribution >= 4 is 33.4 Å². The summed E-state index contributed by atoms with van der Waals surface area (Å²) in [6.45, 7) is 0.867. The molecule has 2 aromatic rings. The molecule has 10 nitrogen and oxygen atoms in total. The highest BCUT2D eigenvalue weighted by Crippen LogP contribution is 2.35. The normalized spacial score (nSPS) is 18.5. The van der Waals surface area contributed by atoms with Gasteiger partial charge < -0.3 is 24.4 Å². The molecule has 0 aromatic heterocycles. The number of nitrogens with one attached hydrogen (secondary N) is 1. The maximum absolute atomic E-state index is 13.2. The van der Waals surface area contributed by atoms with E-state index in [9.17, 15) is 18.0 Å². The summed E-state index contributed by atoms with van der Waals surface area (Å²) in [6.07, 6.45) is 1.28. The Morgan fingerprint density at radius 2 is 1.79 bits per heavy atom. The van der Waals surface area contributed by atoms with Crippen molar-refractivity contribution in [1.82, 2.24) is 4.90 Å². The average molecular weight is 488 g/mol. The number of hydrogen-bond acceptors (Lipinski definition) is 8. The topological polar surface area (TPSA) is 124 Å². The molecule has 0 unspecified atom stereocenters. The Hall–Kier alpha value is -3.60. The molecule has 0 spiro atoms. The van der Waals surface area contributed by atoms with Crippen molar-refractivity contribution in [1.29, 1.82) is 0 Å². The van der Waals surface area contributed by atoms with Gasteiger partial charge >= 0.3 is 5.97 Å². The van der Waals surface area contributed by atoms with Crippen LogP contribution >= 0.6 is 0 Å². The maximum atomic E-state index is 13.2. The van der Waals surface area contributed by atoms with Crippen LogP contribution in [0.2, 0.25) is 0 Å². The van der Waals surface area contributed by atoms with Gasteiger partial charge in [0.2, 0.25) is 5.91 Å². The highest BCUT2D eigenvalue weighted by molar-refractivity contribution is 7.90. The van der Waals surface area contributed by atoms with Crippen molar-refractivity contribution in [2.24, 2.45) is 10.3 Å². The van der Waals surface area contributed by atoms with E-state index in [1.807, 2.05) is 4.90 Å².